The molecule has 1 aliphatic carbocycles. The number of nitrogens with zero attached hydrogens (tertiary/aromatic N) is 3. The number of benzene rings is 9. The standard InChI is InChI=1S/C56H35N3O2/c1-56(2)46-28-35(23-25-39(46)43-31-50-44(29-47(43)56)40-19-10-11-22-48(40)60-50)55-58-53(33-14-4-3-5-15-33)57-54(59-55)34-24-26-49-45(27-34)52-41-20-9-8-18-38(41)42(30-51(52)61-49)37-21-12-16-32-13-6-7-17-36(32)37/h3-31H,1-2H3. The van der Waals surface area contributed by atoms with E-state index in [-0.39, 0.29) is 5.41 Å². The number of para-hydroxylation sites is 1. The summed E-state index contributed by atoms with van der Waals surface area (Å²) in [7, 11) is 0. The van der Waals surface area contributed by atoms with Gasteiger partial charge in [0.1, 0.15) is 22.3 Å². The van der Waals surface area contributed by atoms with Crippen LogP contribution in [0.2, 0.25) is 0 Å². The lowest BCUT2D eigenvalue weighted by Crippen LogP contribution is -2.15. The minimum Gasteiger partial charge on any atom is -0.456 e. The van der Waals surface area contributed by atoms with Crippen LogP contribution in [0.25, 0.3) is 122 Å². The van der Waals surface area contributed by atoms with Crippen molar-refractivity contribution >= 4 is 65.4 Å². The average molecular weight is 782 g/mol. The second-order valence-corrected chi connectivity index (χ2v) is 16.7. The SMILES string of the molecule is CC1(C)c2cc(-c3nc(-c4ccccc4)nc(-c4ccc5oc6cc(-c7cccc8ccccc78)c7ccccc7c6c5c4)n3)ccc2-c2cc3oc4ccccc4c3cc21. The molecule has 0 saturated carbocycles. The Morgan fingerprint density at radius 3 is 1.79 bits per heavy atom. The molecule has 0 atom stereocenters. The van der Waals surface area contributed by atoms with E-state index >= 15 is 0 Å². The molecule has 0 N–H and O–H groups in total. The summed E-state index contributed by atoms with van der Waals surface area (Å²) in [6.07, 6.45) is 0. The maximum Gasteiger partial charge on any atom is 0.164 e. The quantitative estimate of drug-likeness (QED) is 0.178. The van der Waals surface area contributed by atoms with Crippen molar-refractivity contribution in [3.63, 3.8) is 0 Å². The first-order valence-corrected chi connectivity index (χ1v) is 20.8. The molecule has 5 heteroatoms. The third kappa shape index (κ3) is 5.04. The van der Waals surface area contributed by atoms with Crippen LogP contribution in [0.15, 0.2) is 185 Å². The normalized spacial score (nSPS) is 13.2. The third-order valence-electron chi connectivity index (χ3n) is 12.9. The van der Waals surface area contributed by atoms with Crippen LogP contribution in [0, 0.1) is 0 Å². The fraction of sp³-hybridized carbons (Fsp3) is 0.0536. The molecule has 0 spiro atoms. The van der Waals surface area contributed by atoms with Gasteiger partial charge in [0, 0.05) is 43.7 Å². The van der Waals surface area contributed by atoms with Crippen molar-refractivity contribution in [3.8, 4) is 56.4 Å². The molecule has 13 rings (SSSR count). The Hall–Kier alpha value is -7.89. The van der Waals surface area contributed by atoms with Gasteiger partial charge in [0.25, 0.3) is 0 Å². The van der Waals surface area contributed by atoms with Crippen LogP contribution in [0.3, 0.4) is 0 Å². The summed E-state index contributed by atoms with van der Waals surface area (Å²) in [6, 6.07) is 61.9. The van der Waals surface area contributed by atoms with Crippen LogP contribution in [0.5, 0.6) is 0 Å². The molecule has 0 unspecified atom stereocenters. The summed E-state index contributed by atoms with van der Waals surface area (Å²) in [5, 5.41) is 9.13. The summed E-state index contributed by atoms with van der Waals surface area (Å²) >= 11 is 0. The molecule has 61 heavy (non-hydrogen) atoms. The van der Waals surface area contributed by atoms with E-state index in [2.05, 4.69) is 159 Å². The van der Waals surface area contributed by atoms with Crippen molar-refractivity contribution in [1.82, 2.24) is 15.0 Å². The number of rotatable bonds is 4. The Morgan fingerprint density at radius 2 is 0.951 bits per heavy atom. The third-order valence-corrected chi connectivity index (χ3v) is 12.9. The van der Waals surface area contributed by atoms with E-state index in [0.717, 1.165) is 71.5 Å². The Bertz CT molecular complexity index is 3800. The van der Waals surface area contributed by atoms with Crippen molar-refractivity contribution in [1.29, 1.82) is 0 Å². The molecule has 12 aromatic rings. The van der Waals surface area contributed by atoms with Crippen LogP contribution < -0.4 is 0 Å². The lowest BCUT2D eigenvalue weighted by Gasteiger charge is -2.22. The van der Waals surface area contributed by atoms with Crippen molar-refractivity contribution in [2.24, 2.45) is 0 Å². The summed E-state index contributed by atoms with van der Waals surface area (Å²) in [6.45, 7) is 4.62. The van der Waals surface area contributed by atoms with Crippen LogP contribution in [-0.4, -0.2) is 15.0 Å². The molecular formula is C56H35N3O2. The number of hydrogen-bond acceptors (Lipinski definition) is 5. The maximum absolute atomic E-state index is 6.68. The summed E-state index contributed by atoms with van der Waals surface area (Å²) in [5.41, 5.74) is 13.3. The van der Waals surface area contributed by atoms with E-state index in [1.165, 1.54) is 44.0 Å². The van der Waals surface area contributed by atoms with Gasteiger partial charge in [0.05, 0.1) is 0 Å². The summed E-state index contributed by atoms with van der Waals surface area (Å²) < 4.78 is 13.0. The Morgan fingerprint density at radius 1 is 0.344 bits per heavy atom. The zero-order valence-electron chi connectivity index (χ0n) is 33.4. The van der Waals surface area contributed by atoms with Crippen LogP contribution >= 0.6 is 0 Å². The Kier molecular flexibility index (Phi) is 7.00. The van der Waals surface area contributed by atoms with Gasteiger partial charge >= 0.3 is 0 Å². The number of hydrogen-bond donors (Lipinski definition) is 0. The van der Waals surface area contributed by atoms with Crippen molar-refractivity contribution in [2.45, 2.75) is 19.3 Å². The first-order valence-electron chi connectivity index (χ1n) is 20.8. The first kappa shape index (κ1) is 34.0. The fourth-order valence-electron chi connectivity index (χ4n) is 9.91. The zero-order chi connectivity index (χ0) is 40.4. The molecular weight excluding hydrogens is 747 g/mol. The fourth-order valence-corrected chi connectivity index (χ4v) is 9.91. The predicted molar refractivity (Wildman–Crippen MR) is 249 cm³/mol. The second-order valence-electron chi connectivity index (χ2n) is 16.7. The highest BCUT2D eigenvalue weighted by molar-refractivity contribution is 6.23. The topological polar surface area (TPSA) is 65.0 Å². The highest BCUT2D eigenvalue weighted by atomic mass is 16.3. The highest BCUT2D eigenvalue weighted by Gasteiger charge is 2.37. The van der Waals surface area contributed by atoms with Crippen LogP contribution in [0.1, 0.15) is 25.0 Å². The van der Waals surface area contributed by atoms with Crippen LogP contribution in [0.4, 0.5) is 0 Å². The van der Waals surface area contributed by atoms with Gasteiger partial charge in [-0.2, -0.15) is 0 Å². The molecule has 0 radical (unpaired) electrons. The van der Waals surface area contributed by atoms with E-state index in [4.69, 9.17) is 23.8 Å². The molecule has 3 aromatic heterocycles. The van der Waals surface area contributed by atoms with Gasteiger partial charge in [0.2, 0.25) is 0 Å². The molecule has 0 bridgehead atoms. The predicted octanol–water partition coefficient (Wildman–Crippen LogP) is 15.0. The second kappa shape index (κ2) is 12.6. The zero-order valence-corrected chi connectivity index (χ0v) is 33.4. The van der Waals surface area contributed by atoms with Gasteiger partial charge in [-0.1, -0.05) is 141 Å². The lowest BCUT2D eigenvalue weighted by molar-refractivity contribution is 0.658. The highest BCUT2D eigenvalue weighted by Crippen LogP contribution is 2.52. The number of aromatic nitrogens is 3. The van der Waals surface area contributed by atoms with Crippen molar-refractivity contribution in [3.05, 3.63) is 187 Å². The van der Waals surface area contributed by atoms with E-state index in [1.54, 1.807) is 0 Å². The van der Waals surface area contributed by atoms with Gasteiger partial charge in [-0.3, -0.25) is 0 Å². The van der Waals surface area contributed by atoms with Crippen molar-refractivity contribution in [2.75, 3.05) is 0 Å². The summed E-state index contributed by atoms with van der Waals surface area (Å²) in [4.78, 5) is 15.5. The molecule has 5 nitrogen and oxygen atoms in total. The Balaban J connectivity index is 0.973. The van der Waals surface area contributed by atoms with Gasteiger partial charge in [-0.05, 0) is 103 Å². The van der Waals surface area contributed by atoms with Crippen molar-refractivity contribution < 1.29 is 8.83 Å². The number of fused-ring (bicyclic) bond motifs is 12. The largest absolute Gasteiger partial charge is 0.456 e. The van der Waals surface area contributed by atoms with E-state index in [9.17, 15) is 0 Å². The van der Waals surface area contributed by atoms with Crippen LogP contribution in [-0.2, 0) is 5.41 Å². The van der Waals surface area contributed by atoms with Gasteiger partial charge in [-0.25, -0.2) is 15.0 Å². The molecule has 1 aliphatic rings. The molecule has 0 saturated heterocycles. The maximum atomic E-state index is 6.68. The molecule has 3 heterocycles. The minimum absolute atomic E-state index is 0.255. The van der Waals surface area contributed by atoms with E-state index in [0.29, 0.717) is 17.5 Å². The minimum atomic E-state index is -0.255. The average Bonchev–Trinajstić information content (AvgIpc) is 3.94. The monoisotopic (exact) mass is 781 g/mol. The molecule has 286 valence electrons. The van der Waals surface area contributed by atoms with Gasteiger partial charge in [-0.15, -0.1) is 0 Å². The summed E-state index contributed by atoms with van der Waals surface area (Å²) in [5.74, 6) is 1.85. The molecule has 0 aliphatic heterocycles. The van der Waals surface area contributed by atoms with Gasteiger partial charge < -0.3 is 8.83 Å². The smallest absolute Gasteiger partial charge is 0.164 e. The Labute approximate surface area is 350 Å². The van der Waals surface area contributed by atoms with E-state index < -0.39 is 0 Å². The van der Waals surface area contributed by atoms with E-state index in [1.807, 2.05) is 30.3 Å². The molecule has 9 aromatic carbocycles. The first-order chi connectivity index (χ1) is 30.0. The molecule has 0 amide bonds. The molecule has 0 fully saturated rings. The lowest BCUT2D eigenvalue weighted by atomic mass is 9.81. The van der Waals surface area contributed by atoms with Gasteiger partial charge in [0.15, 0.2) is 17.5 Å². The number of furan rings is 2.